The molecule has 0 bridgehead atoms. The highest BCUT2D eigenvalue weighted by molar-refractivity contribution is 5.98. The molecule has 0 aliphatic carbocycles. The zero-order chi connectivity index (χ0) is 26.8. The fourth-order valence-corrected chi connectivity index (χ4v) is 3.40. The summed E-state index contributed by atoms with van der Waals surface area (Å²) in [6.45, 7) is 5.24. The monoisotopic (exact) mass is 596 g/mol. The number of hydrogen-bond donors (Lipinski definition) is 4. The molecule has 3 aromatic rings. The second kappa shape index (κ2) is 17.3. The van der Waals surface area contributed by atoms with E-state index in [1.54, 1.807) is 24.6 Å². The predicted molar refractivity (Wildman–Crippen MR) is 158 cm³/mol. The zero-order valence-corrected chi connectivity index (χ0v) is 24.3. The Balaban J connectivity index is 0.00000507. The predicted octanol–water partition coefficient (Wildman–Crippen LogP) is 2.16. The smallest absolute Gasteiger partial charge is 0.250 e. The summed E-state index contributed by atoms with van der Waals surface area (Å²) in [5, 5.41) is 8.24. The third kappa shape index (κ3) is 11.7. The molecule has 0 saturated heterocycles. The van der Waals surface area contributed by atoms with Crippen LogP contribution in [0.1, 0.15) is 37.9 Å². The van der Waals surface area contributed by atoms with Gasteiger partial charge in [-0.05, 0) is 31.9 Å². The molecular formula is C27H38Cl2N6O5. The fourth-order valence-electron chi connectivity index (χ4n) is 3.40. The molecule has 0 fully saturated rings. The Hall–Kier alpha value is -3.48. The molecular weight excluding hydrogens is 559 g/mol. The van der Waals surface area contributed by atoms with E-state index in [-0.39, 0.29) is 67.8 Å². The quantitative estimate of drug-likeness (QED) is 0.249. The van der Waals surface area contributed by atoms with Crippen LogP contribution in [0.4, 0.5) is 5.82 Å². The van der Waals surface area contributed by atoms with Gasteiger partial charge in [0.05, 0.1) is 31.1 Å². The molecule has 0 spiro atoms. The Bertz CT molecular complexity index is 1190. The number of carbonyl (C=O) groups excluding carboxylic acids is 3. The molecule has 3 rings (SSSR count). The standard InChI is InChI=1S/C27H34N6O4.2ClH.H2O/c1-19(21-12-8-5-9-13-21)30-24(34)15-33-14-23(29-18-33)32-25(35)22(31-26(36)27(2,3)28)17-37-16-20-10-6-4-7-11-20;;;/h4-14,18-19,22H,15-17,28H2,1-3H3,(H,30,34)(H,31,36)(H,32,35);2*1H;1H2/t19-,22+;;;/m0.../s1. The summed E-state index contributed by atoms with van der Waals surface area (Å²) >= 11 is 0. The van der Waals surface area contributed by atoms with Crippen molar-refractivity contribution in [3.8, 4) is 0 Å². The number of carbonyl (C=O) groups is 3. The average molecular weight is 598 g/mol. The van der Waals surface area contributed by atoms with Crippen molar-refractivity contribution in [1.82, 2.24) is 20.2 Å². The average Bonchev–Trinajstić information content (AvgIpc) is 3.30. The number of anilines is 1. The Kier molecular flexibility index (Phi) is 15.8. The largest absolute Gasteiger partial charge is 0.412 e. The first kappa shape index (κ1) is 36.5. The number of aromatic nitrogens is 2. The van der Waals surface area contributed by atoms with Gasteiger partial charge in [-0.2, -0.15) is 0 Å². The van der Waals surface area contributed by atoms with Gasteiger partial charge in [0.25, 0.3) is 5.91 Å². The number of nitrogens with one attached hydrogen (secondary N) is 3. The van der Waals surface area contributed by atoms with Crippen LogP contribution in [-0.2, 0) is 32.3 Å². The summed E-state index contributed by atoms with van der Waals surface area (Å²) in [5.41, 5.74) is 6.64. The maximum atomic E-state index is 13.0. The van der Waals surface area contributed by atoms with Crippen LogP contribution < -0.4 is 21.7 Å². The molecule has 0 saturated carbocycles. The number of hydrogen-bond acceptors (Lipinski definition) is 6. The zero-order valence-electron chi connectivity index (χ0n) is 22.6. The molecule has 0 aliphatic rings. The number of ether oxygens (including phenoxy) is 1. The molecule has 40 heavy (non-hydrogen) atoms. The number of benzene rings is 2. The van der Waals surface area contributed by atoms with Crippen molar-refractivity contribution < 1.29 is 24.6 Å². The Morgan fingerprint density at radius 3 is 2.20 bits per heavy atom. The SMILES string of the molecule is C[C@H](NC(=O)Cn1cnc(NC(=O)[C@@H](COCc2ccccc2)NC(=O)C(C)(C)N)c1)c1ccccc1.Cl.Cl.O. The Morgan fingerprint density at radius 2 is 1.60 bits per heavy atom. The van der Waals surface area contributed by atoms with Crippen LogP contribution in [0, 0.1) is 0 Å². The van der Waals surface area contributed by atoms with E-state index in [0.717, 1.165) is 11.1 Å². The van der Waals surface area contributed by atoms with Crippen molar-refractivity contribution in [3.63, 3.8) is 0 Å². The third-order valence-corrected chi connectivity index (χ3v) is 5.49. The molecule has 11 nitrogen and oxygen atoms in total. The topological polar surface area (TPSA) is 172 Å². The van der Waals surface area contributed by atoms with E-state index in [9.17, 15) is 14.4 Å². The first-order valence-electron chi connectivity index (χ1n) is 12.0. The summed E-state index contributed by atoms with van der Waals surface area (Å²) in [7, 11) is 0. The molecule has 1 aromatic heterocycles. The van der Waals surface area contributed by atoms with Crippen LogP contribution >= 0.6 is 24.8 Å². The molecule has 220 valence electrons. The maximum Gasteiger partial charge on any atom is 0.250 e. The van der Waals surface area contributed by atoms with Crippen molar-refractivity contribution in [2.75, 3.05) is 11.9 Å². The van der Waals surface area contributed by atoms with Crippen molar-refractivity contribution in [2.45, 2.75) is 51.5 Å². The first-order valence-corrected chi connectivity index (χ1v) is 12.0. The molecule has 0 unspecified atom stereocenters. The van der Waals surface area contributed by atoms with Crippen molar-refractivity contribution in [1.29, 1.82) is 0 Å². The van der Waals surface area contributed by atoms with Crippen LogP contribution in [0.5, 0.6) is 0 Å². The third-order valence-electron chi connectivity index (χ3n) is 5.49. The lowest BCUT2D eigenvalue weighted by Crippen LogP contribution is -2.56. The van der Waals surface area contributed by atoms with Crippen molar-refractivity contribution in [3.05, 3.63) is 84.3 Å². The van der Waals surface area contributed by atoms with Gasteiger partial charge in [0.15, 0.2) is 5.82 Å². The lowest BCUT2D eigenvalue weighted by atomic mass is 10.1. The minimum absolute atomic E-state index is 0. The van der Waals surface area contributed by atoms with Gasteiger partial charge < -0.3 is 36.5 Å². The van der Waals surface area contributed by atoms with Gasteiger partial charge in [-0.1, -0.05) is 60.7 Å². The van der Waals surface area contributed by atoms with E-state index in [1.165, 1.54) is 6.33 Å². The number of nitrogens with two attached hydrogens (primary N) is 1. The van der Waals surface area contributed by atoms with Crippen LogP contribution in [0.3, 0.4) is 0 Å². The van der Waals surface area contributed by atoms with E-state index in [4.69, 9.17) is 10.5 Å². The second-order valence-electron chi connectivity index (χ2n) is 9.37. The number of imidazole rings is 1. The van der Waals surface area contributed by atoms with Gasteiger partial charge in [0, 0.05) is 6.20 Å². The summed E-state index contributed by atoms with van der Waals surface area (Å²) in [6, 6.07) is 18.0. The number of nitrogens with zero attached hydrogens (tertiary/aromatic N) is 2. The van der Waals surface area contributed by atoms with Crippen molar-refractivity contribution in [2.24, 2.45) is 5.73 Å². The normalized spacial score (nSPS) is 11.9. The summed E-state index contributed by atoms with van der Waals surface area (Å²) < 4.78 is 7.25. The van der Waals surface area contributed by atoms with Gasteiger partial charge in [0.1, 0.15) is 12.6 Å². The van der Waals surface area contributed by atoms with E-state index in [0.29, 0.717) is 0 Å². The van der Waals surface area contributed by atoms with E-state index >= 15 is 0 Å². The highest BCUT2D eigenvalue weighted by atomic mass is 35.5. The molecule has 13 heteroatoms. The highest BCUT2D eigenvalue weighted by Gasteiger charge is 2.28. The van der Waals surface area contributed by atoms with E-state index in [2.05, 4.69) is 20.9 Å². The molecule has 0 aliphatic heterocycles. The molecule has 7 N–H and O–H groups in total. The van der Waals surface area contributed by atoms with Gasteiger partial charge in [-0.25, -0.2) is 4.98 Å². The Morgan fingerprint density at radius 1 is 1.00 bits per heavy atom. The number of rotatable bonds is 12. The summed E-state index contributed by atoms with van der Waals surface area (Å²) in [4.78, 5) is 42.0. The fraction of sp³-hybridized carbons (Fsp3) is 0.333. The number of halogens is 2. The molecule has 3 amide bonds. The van der Waals surface area contributed by atoms with Crippen LogP contribution in [0.15, 0.2) is 73.2 Å². The lowest BCUT2D eigenvalue weighted by Gasteiger charge is -2.23. The van der Waals surface area contributed by atoms with Gasteiger partial charge in [0.2, 0.25) is 11.8 Å². The summed E-state index contributed by atoms with van der Waals surface area (Å²) in [5.74, 6) is -0.969. The first-order chi connectivity index (χ1) is 17.6. The maximum absolute atomic E-state index is 13.0. The number of amides is 3. The highest BCUT2D eigenvalue weighted by Crippen LogP contribution is 2.11. The van der Waals surface area contributed by atoms with E-state index in [1.807, 2.05) is 67.6 Å². The molecule has 2 atom stereocenters. The van der Waals surface area contributed by atoms with Gasteiger partial charge >= 0.3 is 0 Å². The van der Waals surface area contributed by atoms with Crippen LogP contribution in [0.25, 0.3) is 0 Å². The second-order valence-corrected chi connectivity index (χ2v) is 9.37. The van der Waals surface area contributed by atoms with E-state index < -0.39 is 23.4 Å². The minimum Gasteiger partial charge on any atom is -0.412 e. The Labute approximate surface area is 246 Å². The molecule has 1 heterocycles. The minimum atomic E-state index is -1.18. The molecule has 0 radical (unpaired) electrons. The molecule has 2 aromatic carbocycles. The van der Waals surface area contributed by atoms with Crippen LogP contribution in [-0.4, -0.2) is 50.9 Å². The van der Waals surface area contributed by atoms with Crippen LogP contribution in [0.2, 0.25) is 0 Å². The summed E-state index contributed by atoms with van der Waals surface area (Å²) in [6.07, 6.45) is 2.99. The lowest BCUT2D eigenvalue weighted by molar-refractivity contribution is -0.130. The van der Waals surface area contributed by atoms with Gasteiger partial charge in [-0.15, -0.1) is 24.8 Å². The van der Waals surface area contributed by atoms with Crippen molar-refractivity contribution >= 4 is 48.4 Å². The van der Waals surface area contributed by atoms with Gasteiger partial charge in [-0.3, -0.25) is 14.4 Å².